The highest BCUT2D eigenvalue weighted by atomic mass is 16.5. The smallest absolute Gasteiger partial charge is 0.309 e. The van der Waals surface area contributed by atoms with E-state index in [-0.39, 0.29) is 60.4 Å². The maximum Gasteiger partial charge on any atom is 0.309 e. The van der Waals surface area contributed by atoms with E-state index < -0.39 is 0 Å². The number of carbonyl (C=O) groups is 4. The van der Waals surface area contributed by atoms with Crippen LogP contribution in [0.2, 0.25) is 0 Å². The highest BCUT2D eigenvalue weighted by molar-refractivity contribution is 5.80. The number of hydrogen-bond donors (Lipinski definition) is 4. The molecule has 12 heteroatoms. The van der Waals surface area contributed by atoms with Gasteiger partial charge in [0, 0.05) is 68.8 Å². The maximum absolute atomic E-state index is 13.0. The zero-order valence-electron chi connectivity index (χ0n) is 33.5. The van der Waals surface area contributed by atoms with E-state index in [0.717, 1.165) is 88.7 Å². The summed E-state index contributed by atoms with van der Waals surface area (Å²) in [7, 11) is 2.79. The summed E-state index contributed by atoms with van der Waals surface area (Å²) in [5.74, 6) is -1.40. The number of fused-ring (bicyclic) bond motifs is 8. The highest BCUT2D eigenvalue weighted by Gasteiger charge is 2.48. The molecule has 2 aliphatic carbocycles. The van der Waals surface area contributed by atoms with Crippen molar-refractivity contribution in [1.82, 2.24) is 19.9 Å². The third-order valence-electron chi connectivity index (χ3n) is 11.9. The molecule has 2 fully saturated rings. The summed E-state index contributed by atoms with van der Waals surface area (Å²) in [4.78, 5) is 65.5. The number of hydrogen-bond acceptors (Lipinski definition) is 8. The number of H-pyrrole nitrogens is 4. The van der Waals surface area contributed by atoms with Crippen LogP contribution in [-0.2, 0) is 51.0 Å². The Morgan fingerprint density at radius 3 is 1.64 bits per heavy atom. The molecule has 0 saturated heterocycles. The summed E-state index contributed by atoms with van der Waals surface area (Å²) in [6.07, 6.45) is 11.1. The second-order valence-corrected chi connectivity index (χ2v) is 15.2. The normalized spacial score (nSPS) is 21.6. The van der Waals surface area contributed by atoms with Crippen molar-refractivity contribution >= 4 is 48.2 Å². The van der Waals surface area contributed by atoms with Gasteiger partial charge in [0.25, 0.3) is 0 Å². The van der Waals surface area contributed by atoms with Gasteiger partial charge in [0.05, 0.1) is 39.3 Å². The summed E-state index contributed by atoms with van der Waals surface area (Å²) in [5.41, 5.74) is 11.7. The SMILES string of the molecule is CCOC(=O)C1CC1c1c2[nH]c(c1C)/C=c1\[nH]/c(c(CCC(=O)OC)c1C)=C\c1[nH]c(c(C)c1CCC(=O)OC)/C=c1\[nH]/c(c(C)c1C1CC1C(=O)OCC)=C\2. The molecule has 0 aromatic carbocycles. The fourth-order valence-corrected chi connectivity index (χ4v) is 8.60. The van der Waals surface area contributed by atoms with E-state index in [1.54, 1.807) is 0 Å². The molecule has 3 aliphatic rings. The van der Waals surface area contributed by atoms with Crippen LogP contribution >= 0.6 is 0 Å². The van der Waals surface area contributed by atoms with Crippen molar-refractivity contribution in [3.05, 3.63) is 88.7 Å². The Labute approximate surface area is 325 Å². The molecule has 4 atom stereocenters. The van der Waals surface area contributed by atoms with Gasteiger partial charge in [-0.25, -0.2) is 0 Å². The highest BCUT2D eigenvalue weighted by Crippen LogP contribution is 2.51. The lowest BCUT2D eigenvalue weighted by atomic mass is 10.0. The van der Waals surface area contributed by atoms with Crippen LogP contribution in [0.4, 0.5) is 0 Å². The van der Waals surface area contributed by atoms with E-state index in [1.807, 2.05) is 27.7 Å². The molecule has 12 nitrogen and oxygen atoms in total. The first-order valence-corrected chi connectivity index (χ1v) is 19.6. The van der Waals surface area contributed by atoms with E-state index in [4.69, 9.17) is 18.9 Å². The first-order valence-electron chi connectivity index (χ1n) is 19.6. The predicted molar refractivity (Wildman–Crippen MR) is 211 cm³/mol. The number of aromatic nitrogens is 4. The molecule has 0 spiro atoms. The molecule has 0 radical (unpaired) electrons. The number of nitrogens with one attached hydrogen (secondary N) is 4. The minimum absolute atomic E-state index is 0.00511. The van der Waals surface area contributed by atoms with E-state index in [0.29, 0.717) is 38.9 Å². The third kappa shape index (κ3) is 7.29. The quantitative estimate of drug-likeness (QED) is 0.111. The van der Waals surface area contributed by atoms with Crippen LogP contribution in [0.25, 0.3) is 24.3 Å². The van der Waals surface area contributed by atoms with Gasteiger partial charge in [0.2, 0.25) is 0 Å². The van der Waals surface area contributed by atoms with E-state index >= 15 is 0 Å². The van der Waals surface area contributed by atoms with Crippen LogP contribution in [0.1, 0.15) is 119 Å². The number of carbonyl (C=O) groups excluding carboxylic acids is 4. The first-order chi connectivity index (χ1) is 26.9. The van der Waals surface area contributed by atoms with Crippen LogP contribution in [0.3, 0.4) is 0 Å². The summed E-state index contributed by atoms with van der Waals surface area (Å²) in [6.45, 7) is 12.6. The molecule has 0 amide bonds. The number of ether oxygens (including phenoxy) is 4. The molecular weight excluding hydrogens is 713 g/mol. The van der Waals surface area contributed by atoms with Crippen LogP contribution in [0.15, 0.2) is 0 Å². The lowest BCUT2D eigenvalue weighted by Gasteiger charge is -2.04. The van der Waals surface area contributed by atoms with Gasteiger partial charge in [0.1, 0.15) is 0 Å². The van der Waals surface area contributed by atoms with E-state index in [9.17, 15) is 19.2 Å². The zero-order valence-corrected chi connectivity index (χ0v) is 33.5. The van der Waals surface area contributed by atoms with Crippen LogP contribution in [0, 0.1) is 39.5 Å². The molecule has 8 bridgehead atoms. The van der Waals surface area contributed by atoms with Crippen LogP contribution < -0.4 is 21.4 Å². The molecule has 7 rings (SSSR count). The molecule has 4 aromatic rings. The molecule has 296 valence electrons. The minimum atomic E-state index is -0.298. The summed E-state index contributed by atoms with van der Waals surface area (Å²) in [6, 6.07) is 0. The van der Waals surface area contributed by atoms with Gasteiger partial charge in [-0.2, -0.15) is 0 Å². The molecule has 4 aromatic heterocycles. The predicted octanol–water partition coefficient (Wildman–Crippen LogP) is 3.41. The minimum Gasteiger partial charge on any atom is -0.469 e. The average Bonchev–Trinajstić information content (AvgIpc) is 4.04. The summed E-state index contributed by atoms with van der Waals surface area (Å²) >= 11 is 0. The molecular formula is C44H52N4O8. The lowest BCUT2D eigenvalue weighted by Crippen LogP contribution is -2.14. The first kappa shape index (κ1) is 38.7. The fraction of sp³-hybridized carbons (Fsp3) is 0.455. The third-order valence-corrected chi connectivity index (χ3v) is 11.9. The lowest BCUT2D eigenvalue weighted by molar-refractivity contribution is -0.145. The van der Waals surface area contributed by atoms with Gasteiger partial charge < -0.3 is 38.9 Å². The van der Waals surface area contributed by atoms with Crippen molar-refractivity contribution in [3.63, 3.8) is 0 Å². The van der Waals surface area contributed by atoms with Gasteiger partial charge in [-0.3, -0.25) is 19.2 Å². The number of aromatic amines is 4. The van der Waals surface area contributed by atoms with Gasteiger partial charge in [0.15, 0.2) is 0 Å². The summed E-state index contributed by atoms with van der Waals surface area (Å²) < 4.78 is 20.9. The fourth-order valence-electron chi connectivity index (χ4n) is 8.60. The van der Waals surface area contributed by atoms with E-state index in [2.05, 4.69) is 58.1 Å². The molecule has 1 aliphatic heterocycles. The molecule has 2 saturated carbocycles. The molecule has 5 heterocycles. The Bertz CT molecular complexity index is 2490. The van der Waals surface area contributed by atoms with E-state index in [1.165, 1.54) is 14.2 Å². The van der Waals surface area contributed by atoms with Crippen LogP contribution in [-0.4, -0.2) is 71.2 Å². The van der Waals surface area contributed by atoms with Gasteiger partial charge >= 0.3 is 23.9 Å². The van der Waals surface area contributed by atoms with Crippen molar-refractivity contribution in [2.45, 2.75) is 91.9 Å². The Morgan fingerprint density at radius 1 is 0.554 bits per heavy atom. The number of methoxy groups -OCH3 is 2. The van der Waals surface area contributed by atoms with Gasteiger partial charge in [-0.15, -0.1) is 0 Å². The maximum atomic E-state index is 13.0. The van der Waals surface area contributed by atoms with Crippen molar-refractivity contribution in [1.29, 1.82) is 0 Å². The van der Waals surface area contributed by atoms with Gasteiger partial charge in [-0.05, 0) is 136 Å². The monoisotopic (exact) mass is 764 g/mol. The van der Waals surface area contributed by atoms with Crippen molar-refractivity contribution < 1.29 is 38.1 Å². The Hall–Kier alpha value is -5.52. The molecule has 4 unspecified atom stereocenters. The molecule has 56 heavy (non-hydrogen) atoms. The Kier molecular flexibility index (Phi) is 10.8. The Balaban J connectivity index is 1.51. The zero-order chi connectivity index (χ0) is 40.0. The number of esters is 4. The van der Waals surface area contributed by atoms with Crippen molar-refractivity contribution in [2.75, 3.05) is 27.4 Å². The van der Waals surface area contributed by atoms with Crippen LogP contribution in [0.5, 0.6) is 0 Å². The second kappa shape index (κ2) is 15.5. The number of rotatable bonds is 12. The standard InChI is InChI=1S/C44H52N4O8/c1-9-55-43(51)29-15-27(29)41-23(5)33-17-31-21(3)25(11-13-39(49)53-7)35(45-31)20-36-26(12-14-40(50)54-8)22(4)32(46-36)18-37-42(28-16-30(28)44(52)56-10-2)24(6)34(48-37)19-38(41)47-33/h17-20,27-30,45-48H,9-16H2,1-8H3/b31-17-,32-18?,33-17?,34-19-,35-20-,36-20?,37-18-,38-19?. The van der Waals surface area contributed by atoms with Crippen molar-refractivity contribution in [2.24, 2.45) is 11.8 Å². The second-order valence-electron chi connectivity index (χ2n) is 15.2. The van der Waals surface area contributed by atoms with Gasteiger partial charge in [-0.1, -0.05) is 0 Å². The summed E-state index contributed by atoms with van der Waals surface area (Å²) in [5, 5.41) is 3.51. The molecule has 4 N–H and O–H groups in total. The average molecular weight is 765 g/mol. The largest absolute Gasteiger partial charge is 0.469 e. The van der Waals surface area contributed by atoms with Crippen molar-refractivity contribution in [3.8, 4) is 0 Å². The Morgan fingerprint density at radius 2 is 1.04 bits per heavy atom. The topological polar surface area (TPSA) is 168 Å².